The van der Waals surface area contributed by atoms with E-state index in [1.54, 1.807) is 0 Å². The SMILES string of the molecule is NC(=S)C1(C(=O)NCCCC(F)(F)F)CCCC1. The Bertz CT molecular complexity index is 325. The van der Waals surface area contributed by atoms with Crippen LogP contribution in [-0.4, -0.2) is 23.6 Å². The smallest absolute Gasteiger partial charge is 0.389 e. The molecule has 18 heavy (non-hydrogen) atoms. The summed E-state index contributed by atoms with van der Waals surface area (Å²) in [6.07, 6.45) is -2.28. The Morgan fingerprint density at radius 2 is 1.89 bits per heavy atom. The van der Waals surface area contributed by atoms with Crippen molar-refractivity contribution < 1.29 is 18.0 Å². The topological polar surface area (TPSA) is 55.1 Å². The van der Waals surface area contributed by atoms with Crippen LogP contribution >= 0.6 is 12.2 Å². The highest BCUT2D eigenvalue weighted by atomic mass is 32.1. The van der Waals surface area contributed by atoms with E-state index in [2.05, 4.69) is 5.32 Å². The molecule has 1 saturated carbocycles. The second-order valence-corrected chi connectivity index (χ2v) is 5.07. The minimum absolute atomic E-state index is 0.00269. The molecule has 0 aliphatic heterocycles. The van der Waals surface area contributed by atoms with Crippen molar-refractivity contribution in [3.05, 3.63) is 0 Å². The fourth-order valence-electron chi connectivity index (χ4n) is 2.22. The van der Waals surface area contributed by atoms with Crippen molar-refractivity contribution in [2.45, 2.75) is 44.7 Å². The molecule has 1 aliphatic rings. The van der Waals surface area contributed by atoms with Crippen LogP contribution in [0.5, 0.6) is 0 Å². The lowest BCUT2D eigenvalue weighted by molar-refractivity contribution is -0.137. The summed E-state index contributed by atoms with van der Waals surface area (Å²) >= 11 is 4.92. The van der Waals surface area contributed by atoms with Gasteiger partial charge in [-0.05, 0) is 19.3 Å². The van der Waals surface area contributed by atoms with E-state index in [0.717, 1.165) is 12.8 Å². The summed E-state index contributed by atoms with van der Waals surface area (Å²) in [6.45, 7) is 0.00269. The van der Waals surface area contributed by atoms with Crippen LogP contribution in [0.1, 0.15) is 38.5 Å². The molecule has 1 rings (SSSR count). The Morgan fingerprint density at radius 1 is 1.33 bits per heavy atom. The van der Waals surface area contributed by atoms with Crippen LogP contribution in [0.3, 0.4) is 0 Å². The van der Waals surface area contributed by atoms with Gasteiger partial charge in [0, 0.05) is 13.0 Å². The molecule has 0 aromatic carbocycles. The molecule has 0 heterocycles. The van der Waals surface area contributed by atoms with E-state index in [1.165, 1.54) is 0 Å². The van der Waals surface area contributed by atoms with Gasteiger partial charge in [0.2, 0.25) is 5.91 Å². The third-order valence-electron chi connectivity index (χ3n) is 3.29. The van der Waals surface area contributed by atoms with Gasteiger partial charge in [0.15, 0.2) is 0 Å². The van der Waals surface area contributed by atoms with Gasteiger partial charge in [-0.2, -0.15) is 13.2 Å². The molecule has 0 aromatic rings. The second kappa shape index (κ2) is 5.86. The number of hydrogen-bond acceptors (Lipinski definition) is 2. The van der Waals surface area contributed by atoms with E-state index < -0.39 is 18.0 Å². The first-order valence-electron chi connectivity index (χ1n) is 5.93. The van der Waals surface area contributed by atoms with Crippen LogP contribution in [0.25, 0.3) is 0 Å². The third kappa shape index (κ3) is 3.83. The molecule has 1 aliphatic carbocycles. The minimum Gasteiger partial charge on any atom is -0.392 e. The number of amides is 1. The highest BCUT2D eigenvalue weighted by Crippen LogP contribution is 2.38. The zero-order valence-electron chi connectivity index (χ0n) is 9.98. The first-order chi connectivity index (χ1) is 8.28. The number of rotatable bonds is 5. The van der Waals surface area contributed by atoms with Crippen LogP contribution in [-0.2, 0) is 4.79 Å². The standard InChI is InChI=1S/C11H17F3N2OS/c12-11(13,14)6-3-7-16-9(17)10(8(15)18)4-1-2-5-10/h1-7H2,(H2,15,18)(H,16,17). The number of halogens is 3. The monoisotopic (exact) mass is 282 g/mol. The van der Waals surface area contributed by atoms with E-state index in [4.69, 9.17) is 18.0 Å². The average Bonchev–Trinajstić information content (AvgIpc) is 2.72. The van der Waals surface area contributed by atoms with Gasteiger partial charge in [-0.15, -0.1) is 0 Å². The van der Waals surface area contributed by atoms with Crippen molar-refractivity contribution in [1.82, 2.24) is 5.32 Å². The second-order valence-electron chi connectivity index (χ2n) is 4.63. The summed E-state index contributed by atoms with van der Waals surface area (Å²) in [4.78, 5) is 12.1. The highest BCUT2D eigenvalue weighted by molar-refractivity contribution is 7.80. The van der Waals surface area contributed by atoms with Crippen LogP contribution in [0.2, 0.25) is 0 Å². The Kier molecular flexibility index (Phi) is 4.95. The van der Waals surface area contributed by atoms with Crippen LogP contribution in [0.15, 0.2) is 0 Å². The predicted molar refractivity (Wildman–Crippen MR) is 66.0 cm³/mol. The maximum atomic E-state index is 12.0. The van der Waals surface area contributed by atoms with Crippen molar-refractivity contribution in [2.24, 2.45) is 11.1 Å². The van der Waals surface area contributed by atoms with Gasteiger partial charge in [-0.25, -0.2) is 0 Å². The molecule has 3 N–H and O–H groups in total. The Balaban J connectivity index is 2.42. The number of alkyl halides is 3. The number of carbonyl (C=O) groups excluding carboxylic acids is 1. The Morgan fingerprint density at radius 3 is 2.33 bits per heavy atom. The zero-order valence-corrected chi connectivity index (χ0v) is 10.8. The number of nitrogens with one attached hydrogen (secondary N) is 1. The van der Waals surface area contributed by atoms with Crippen molar-refractivity contribution in [3.8, 4) is 0 Å². The first kappa shape index (κ1) is 15.2. The lowest BCUT2D eigenvalue weighted by Gasteiger charge is -2.26. The zero-order chi connectivity index (χ0) is 13.8. The lowest BCUT2D eigenvalue weighted by Crippen LogP contribution is -2.47. The van der Waals surface area contributed by atoms with Gasteiger partial charge < -0.3 is 11.1 Å². The van der Waals surface area contributed by atoms with Crippen LogP contribution in [0, 0.1) is 5.41 Å². The fourth-order valence-corrected chi connectivity index (χ4v) is 2.52. The van der Waals surface area contributed by atoms with Crippen LogP contribution < -0.4 is 11.1 Å². The maximum Gasteiger partial charge on any atom is 0.389 e. The summed E-state index contributed by atoms with van der Waals surface area (Å²) in [5, 5.41) is 2.51. The Labute approximate surface area is 109 Å². The normalized spacial score (nSPS) is 18.6. The molecule has 0 saturated heterocycles. The van der Waals surface area contributed by atoms with Gasteiger partial charge in [0.05, 0.1) is 10.4 Å². The fraction of sp³-hybridized carbons (Fsp3) is 0.818. The van der Waals surface area contributed by atoms with Crippen molar-refractivity contribution in [3.63, 3.8) is 0 Å². The van der Waals surface area contributed by atoms with Gasteiger partial charge in [0.25, 0.3) is 0 Å². The molecule has 104 valence electrons. The minimum atomic E-state index is -4.18. The highest BCUT2D eigenvalue weighted by Gasteiger charge is 2.43. The Hall–Kier alpha value is -0.850. The van der Waals surface area contributed by atoms with Crippen molar-refractivity contribution in [2.75, 3.05) is 6.54 Å². The summed E-state index contributed by atoms with van der Waals surface area (Å²) < 4.78 is 35.8. The third-order valence-corrected chi connectivity index (χ3v) is 3.68. The summed E-state index contributed by atoms with van der Waals surface area (Å²) in [6, 6.07) is 0. The predicted octanol–water partition coefficient (Wildman–Crippen LogP) is 2.29. The van der Waals surface area contributed by atoms with Crippen LogP contribution in [0.4, 0.5) is 13.2 Å². The molecule has 3 nitrogen and oxygen atoms in total. The molecule has 0 atom stereocenters. The quantitative estimate of drug-likeness (QED) is 0.601. The van der Waals surface area contributed by atoms with Gasteiger partial charge >= 0.3 is 6.18 Å². The number of nitrogens with two attached hydrogens (primary N) is 1. The van der Waals surface area contributed by atoms with Gasteiger partial charge in [-0.3, -0.25) is 4.79 Å². The summed E-state index contributed by atoms with van der Waals surface area (Å²) in [5.74, 6) is -0.324. The molecular weight excluding hydrogens is 265 g/mol. The van der Waals surface area contributed by atoms with E-state index in [-0.39, 0.29) is 23.9 Å². The summed E-state index contributed by atoms with van der Waals surface area (Å²) in [5.41, 5.74) is 4.76. The molecule has 1 fully saturated rings. The van der Waals surface area contributed by atoms with Crippen molar-refractivity contribution >= 4 is 23.1 Å². The first-order valence-corrected chi connectivity index (χ1v) is 6.34. The molecule has 0 spiro atoms. The number of hydrogen-bond donors (Lipinski definition) is 2. The van der Waals surface area contributed by atoms with Gasteiger partial charge in [0.1, 0.15) is 0 Å². The number of carbonyl (C=O) groups is 1. The van der Waals surface area contributed by atoms with E-state index in [1.807, 2.05) is 0 Å². The van der Waals surface area contributed by atoms with Crippen molar-refractivity contribution in [1.29, 1.82) is 0 Å². The van der Waals surface area contributed by atoms with E-state index in [9.17, 15) is 18.0 Å². The molecule has 0 unspecified atom stereocenters. The summed E-state index contributed by atoms with van der Waals surface area (Å²) in [7, 11) is 0. The maximum absolute atomic E-state index is 12.0. The molecule has 1 amide bonds. The largest absolute Gasteiger partial charge is 0.392 e. The van der Waals surface area contributed by atoms with E-state index >= 15 is 0 Å². The molecule has 0 aromatic heterocycles. The van der Waals surface area contributed by atoms with E-state index in [0.29, 0.717) is 12.8 Å². The average molecular weight is 282 g/mol. The molecular formula is C11H17F3N2OS. The number of thiocarbonyl (C=S) groups is 1. The molecule has 0 radical (unpaired) electrons. The van der Waals surface area contributed by atoms with Gasteiger partial charge in [-0.1, -0.05) is 25.1 Å². The molecule has 0 bridgehead atoms. The molecule has 7 heteroatoms. The lowest BCUT2D eigenvalue weighted by atomic mass is 9.85.